The van der Waals surface area contributed by atoms with Crippen LogP contribution in [-0.2, 0) is 19.2 Å². The molecule has 6 atom stereocenters. The van der Waals surface area contributed by atoms with Gasteiger partial charge in [-0.15, -0.1) is 0 Å². The van der Waals surface area contributed by atoms with Gasteiger partial charge in [-0.25, -0.2) is 4.90 Å². The molecule has 6 heteroatoms. The van der Waals surface area contributed by atoms with Gasteiger partial charge in [0.05, 0.1) is 35.0 Å². The highest BCUT2D eigenvalue weighted by Gasteiger charge is 2.63. The molecule has 0 radical (unpaired) electrons. The first-order valence-corrected chi connectivity index (χ1v) is 14.1. The number of hydrogen-bond acceptors (Lipinski definition) is 4. The van der Waals surface area contributed by atoms with Gasteiger partial charge in [0.1, 0.15) is 0 Å². The maximum absolute atomic E-state index is 14.0. The van der Waals surface area contributed by atoms with Gasteiger partial charge in [-0.1, -0.05) is 48.5 Å². The Hall–Kier alpha value is -4.06. The van der Waals surface area contributed by atoms with Crippen LogP contribution < -0.4 is 9.80 Å². The normalized spacial score (nSPS) is 35.0. The fourth-order valence-electron chi connectivity index (χ4n) is 9.35. The van der Waals surface area contributed by atoms with Crippen LogP contribution in [0.2, 0.25) is 0 Å². The van der Waals surface area contributed by atoms with E-state index in [0.717, 1.165) is 41.5 Å². The smallest absolute Gasteiger partial charge is 0.238 e. The summed E-state index contributed by atoms with van der Waals surface area (Å²) in [7, 11) is 0. The molecule has 4 amide bonds. The Morgan fingerprint density at radius 2 is 0.795 bits per heavy atom. The third-order valence-electron chi connectivity index (χ3n) is 10.7. The van der Waals surface area contributed by atoms with Crippen LogP contribution in [0.15, 0.2) is 72.8 Å². The molecule has 5 aliphatic carbocycles. The number of carbonyl (C=O) groups is 4. The van der Waals surface area contributed by atoms with E-state index < -0.39 is 11.8 Å². The van der Waals surface area contributed by atoms with Crippen LogP contribution in [0.4, 0.5) is 11.4 Å². The molecule has 7 aliphatic rings. The molecule has 0 spiro atoms. The van der Waals surface area contributed by atoms with Crippen molar-refractivity contribution in [3.05, 3.63) is 95.1 Å². The predicted octanol–water partition coefficient (Wildman–Crippen LogP) is 4.62. The monoisotopic (exact) mass is 514 g/mol. The number of imide groups is 2. The Kier molecular flexibility index (Phi) is 4.10. The Morgan fingerprint density at radius 3 is 1.15 bits per heavy atom. The molecule has 3 aromatic rings. The summed E-state index contributed by atoms with van der Waals surface area (Å²) in [5.74, 6) is -1.41. The van der Waals surface area contributed by atoms with Gasteiger partial charge in [-0.05, 0) is 77.6 Å². The molecule has 6 nitrogen and oxygen atoms in total. The van der Waals surface area contributed by atoms with E-state index in [1.165, 1.54) is 9.80 Å². The lowest BCUT2D eigenvalue weighted by atomic mass is 9.55. The van der Waals surface area contributed by atoms with E-state index in [1.807, 2.05) is 24.3 Å². The summed E-state index contributed by atoms with van der Waals surface area (Å²) in [6, 6.07) is 23.3. The fraction of sp³-hybridized carbons (Fsp3) is 0.333. The zero-order valence-electron chi connectivity index (χ0n) is 21.2. The first-order valence-electron chi connectivity index (χ1n) is 14.1. The largest absolute Gasteiger partial charge is 0.274 e. The molecular weight excluding hydrogens is 488 g/mol. The highest BCUT2D eigenvalue weighted by molar-refractivity contribution is 6.24. The van der Waals surface area contributed by atoms with Gasteiger partial charge < -0.3 is 0 Å². The van der Waals surface area contributed by atoms with Gasteiger partial charge in [0.2, 0.25) is 23.6 Å². The van der Waals surface area contributed by atoms with Crippen molar-refractivity contribution in [2.75, 3.05) is 9.80 Å². The molecule has 3 aromatic carbocycles. The molecule has 2 saturated heterocycles. The molecule has 2 aliphatic heterocycles. The Balaban J connectivity index is 1.07. The zero-order chi connectivity index (χ0) is 26.2. The lowest BCUT2D eigenvalue weighted by Crippen LogP contribution is -2.41. The lowest BCUT2D eigenvalue weighted by Gasteiger charge is -2.45. The van der Waals surface area contributed by atoms with E-state index in [0.29, 0.717) is 23.2 Å². The van der Waals surface area contributed by atoms with Gasteiger partial charge >= 0.3 is 0 Å². The fourth-order valence-corrected chi connectivity index (χ4v) is 9.35. The van der Waals surface area contributed by atoms with Gasteiger partial charge in [-0.3, -0.25) is 24.1 Å². The van der Waals surface area contributed by atoms with Crippen molar-refractivity contribution >= 4 is 35.0 Å². The average Bonchev–Trinajstić information content (AvgIpc) is 3.71. The van der Waals surface area contributed by atoms with Crippen LogP contribution in [-0.4, -0.2) is 23.6 Å². The second kappa shape index (κ2) is 7.32. The van der Waals surface area contributed by atoms with E-state index in [9.17, 15) is 19.2 Å². The minimum absolute atomic E-state index is 0.0867. The van der Waals surface area contributed by atoms with Crippen LogP contribution >= 0.6 is 0 Å². The number of anilines is 2. The molecule has 0 unspecified atom stereocenters. The highest BCUT2D eigenvalue weighted by Crippen LogP contribution is 2.61. The third kappa shape index (κ3) is 2.53. The second-order valence-electron chi connectivity index (χ2n) is 12.2. The molecule has 4 bridgehead atoms. The van der Waals surface area contributed by atoms with E-state index in [4.69, 9.17) is 0 Å². The third-order valence-corrected chi connectivity index (χ3v) is 10.7. The predicted molar refractivity (Wildman–Crippen MR) is 143 cm³/mol. The van der Waals surface area contributed by atoms with Gasteiger partial charge in [0.15, 0.2) is 0 Å². The molecule has 192 valence electrons. The van der Waals surface area contributed by atoms with Crippen molar-refractivity contribution in [3.63, 3.8) is 0 Å². The highest BCUT2D eigenvalue weighted by atomic mass is 16.2. The van der Waals surface area contributed by atoms with Crippen LogP contribution in [0, 0.1) is 35.5 Å². The summed E-state index contributed by atoms with van der Waals surface area (Å²) in [6.45, 7) is 0. The summed E-state index contributed by atoms with van der Waals surface area (Å²) in [5.41, 5.74) is 5.60. The minimum atomic E-state index is -0.441. The summed E-state index contributed by atoms with van der Waals surface area (Å²) in [5, 5.41) is 0. The van der Waals surface area contributed by atoms with Crippen molar-refractivity contribution in [2.45, 2.75) is 31.1 Å². The van der Waals surface area contributed by atoms with Gasteiger partial charge in [-0.2, -0.15) is 0 Å². The zero-order valence-corrected chi connectivity index (χ0v) is 21.2. The van der Waals surface area contributed by atoms with E-state index in [1.54, 1.807) is 24.3 Å². The summed E-state index contributed by atoms with van der Waals surface area (Å²) < 4.78 is 0. The molecule has 4 fully saturated rings. The number of benzene rings is 3. The molecule has 2 saturated carbocycles. The number of carbonyl (C=O) groups excluding carboxylic acids is 4. The summed E-state index contributed by atoms with van der Waals surface area (Å²) in [6.07, 6.45) is 3.07. The number of fused-ring (bicyclic) bond motifs is 5. The quantitative estimate of drug-likeness (QED) is 0.468. The number of rotatable bonds is 2. The summed E-state index contributed by atoms with van der Waals surface area (Å²) >= 11 is 0. The summed E-state index contributed by atoms with van der Waals surface area (Å²) in [4.78, 5) is 57.3. The van der Waals surface area contributed by atoms with E-state index in [-0.39, 0.29) is 47.3 Å². The number of nitrogens with zero attached hydrogens (tertiary/aromatic N) is 2. The second-order valence-corrected chi connectivity index (χ2v) is 12.2. The maximum atomic E-state index is 14.0. The van der Waals surface area contributed by atoms with Gasteiger partial charge in [0, 0.05) is 11.8 Å². The lowest BCUT2D eigenvalue weighted by molar-refractivity contribution is -0.124. The standard InChI is InChI=1S/C33H26N2O4/c36-30-24-16-9-10-17(15-16)25(24)31(37)34(30)18-11-13-19(14-12-18)35-32(38)28-26-20-5-1-2-6-21(20)27(29(28)33(35)39)23-8-4-3-7-22(23)26/h1-8,11-14,16-17,24-29H,9-10,15H2/t16-,17-,24+,25+,26?,27?,28-,29+/m0/s1. The molecular formula is C33H26N2O4. The van der Waals surface area contributed by atoms with Crippen LogP contribution in [0.1, 0.15) is 53.4 Å². The van der Waals surface area contributed by atoms with Crippen LogP contribution in [0.5, 0.6) is 0 Å². The van der Waals surface area contributed by atoms with Crippen molar-refractivity contribution < 1.29 is 19.2 Å². The Morgan fingerprint density at radius 1 is 0.462 bits per heavy atom. The molecule has 39 heavy (non-hydrogen) atoms. The van der Waals surface area contributed by atoms with Crippen molar-refractivity contribution in [1.29, 1.82) is 0 Å². The first-order chi connectivity index (χ1) is 19.0. The van der Waals surface area contributed by atoms with Crippen molar-refractivity contribution in [3.8, 4) is 0 Å². The number of hydrogen-bond donors (Lipinski definition) is 0. The SMILES string of the molecule is O=C1[C@@H]2[C@H]3CC[C@@H](C3)[C@H]2C(=O)N1c1ccc(N2C(=O)[C@@H]3C4c5ccccc5C(c5ccccc54)[C@@H]3C2=O)cc1. The molecule has 0 N–H and O–H groups in total. The minimum Gasteiger partial charge on any atom is -0.274 e. The maximum Gasteiger partial charge on any atom is 0.238 e. The Labute approximate surface area is 225 Å². The molecule has 0 aromatic heterocycles. The number of amides is 4. The molecule has 10 rings (SSSR count). The van der Waals surface area contributed by atoms with E-state index >= 15 is 0 Å². The van der Waals surface area contributed by atoms with Crippen molar-refractivity contribution in [2.24, 2.45) is 35.5 Å². The van der Waals surface area contributed by atoms with Crippen LogP contribution in [0.25, 0.3) is 0 Å². The van der Waals surface area contributed by atoms with Crippen LogP contribution in [0.3, 0.4) is 0 Å². The first kappa shape index (κ1) is 21.8. The topological polar surface area (TPSA) is 74.8 Å². The van der Waals surface area contributed by atoms with E-state index in [2.05, 4.69) is 24.3 Å². The Bertz CT molecular complexity index is 1500. The molecule has 2 heterocycles. The average molecular weight is 515 g/mol. The van der Waals surface area contributed by atoms with Gasteiger partial charge in [0.25, 0.3) is 0 Å². The van der Waals surface area contributed by atoms with Crippen molar-refractivity contribution in [1.82, 2.24) is 0 Å².